The fraction of sp³-hybridized carbons (Fsp3) is 0.167. The van der Waals surface area contributed by atoms with Gasteiger partial charge in [0.15, 0.2) is 5.11 Å². The van der Waals surface area contributed by atoms with Crippen molar-refractivity contribution in [1.82, 2.24) is 9.47 Å². The van der Waals surface area contributed by atoms with Crippen molar-refractivity contribution in [3.05, 3.63) is 77.5 Å². The Morgan fingerprint density at radius 1 is 1.12 bits per heavy atom. The van der Waals surface area contributed by atoms with Crippen molar-refractivity contribution in [2.45, 2.75) is 12.6 Å². The number of hydrogen-bond donors (Lipinski definition) is 1. The summed E-state index contributed by atoms with van der Waals surface area (Å²) in [6, 6.07) is 15.6. The lowest BCUT2D eigenvalue weighted by atomic mass is 10.1. The molecule has 122 valence electrons. The van der Waals surface area contributed by atoms with Crippen molar-refractivity contribution >= 4 is 34.6 Å². The van der Waals surface area contributed by atoms with Crippen LogP contribution in [0.1, 0.15) is 17.5 Å². The van der Waals surface area contributed by atoms with Crippen molar-refractivity contribution in [3.8, 4) is 0 Å². The average Bonchev–Trinajstić information content (AvgIpc) is 3.27. The predicted molar refractivity (Wildman–Crippen MR) is 99.4 cm³/mol. The summed E-state index contributed by atoms with van der Waals surface area (Å²) < 4.78 is 7.93. The third kappa shape index (κ3) is 2.81. The quantitative estimate of drug-likeness (QED) is 0.683. The molecule has 1 unspecified atom stereocenters. The van der Waals surface area contributed by atoms with Crippen LogP contribution in [0.3, 0.4) is 0 Å². The van der Waals surface area contributed by atoms with Crippen molar-refractivity contribution in [3.63, 3.8) is 0 Å². The number of fused-ring (bicyclic) bond motifs is 1. The zero-order valence-corrected chi connectivity index (χ0v) is 14.4. The van der Waals surface area contributed by atoms with E-state index in [1.54, 1.807) is 6.26 Å². The molecule has 0 fully saturated rings. The van der Waals surface area contributed by atoms with Gasteiger partial charge >= 0.3 is 0 Å². The largest absolute Gasteiger partial charge is 0.467 e. The van der Waals surface area contributed by atoms with Gasteiger partial charge in [0.25, 0.3) is 0 Å². The summed E-state index contributed by atoms with van der Waals surface area (Å²) in [5.74, 6) is 0.884. The van der Waals surface area contributed by atoms with Gasteiger partial charge in [-0.1, -0.05) is 11.6 Å². The minimum Gasteiger partial charge on any atom is -0.467 e. The van der Waals surface area contributed by atoms with Gasteiger partial charge in [-0.25, -0.2) is 0 Å². The summed E-state index contributed by atoms with van der Waals surface area (Å²) in [5, 5.41) is 4.68. The summed E-state index contributed by atoms with van der Waals surface area (Å²) in [6.45, 7) is 1.70. The number of rotatable bonds is 2. The fourth-order valence-electron chi connectivity index (χ4n) is 3.08. The Morgan fingerprint density at radius 2 is 1.96 bits per heavy atom. The topological polar surface area (TPSA) is 33.3 Å². The van der Waals surface area contributed by atoms with Crippen LogP contribution < -0.4 is 5.32 Å². The highest BCUT2D eigenvalue weighted by molar-refractivity contribution is 7.80. The number of thiocarbonyl (C=S) groups is 1. The van der Waals surface area contributed by atoms with Crippen LogP contribution in [0, 0.1) is 0 Å². The van der Waals surface area contributed by atoms with E-state index in [9.17, 15) is 0 Å². The number of nitrogens with one attached hydrogen (secondary N) is 1. The minimum absolute atomic E-state index is 0.0314. The third-order valence-corrected chi connectivity index (χ3v) is 4.80. The van der Waals surface area contributed by atoms with Crippen molar-refractivity contribution < 1.29 is 4.42 Å². The smallest absolute Gasteiger partial charge is 0.174 e. The van der Waals surface area contributed by atoms with Crippen molar-refractivity contribution in [1.29, 1.82) is 0 Å². The van der Waals surface area contributed by atoms with Gasteiger partial charge in [-0.3, -0.25) is 0 Å². The number of benzene rings is 1. The Balaban J connectivity index is 1.63. The van der Waals surface area contributed by atoms with E-state index in [4.69, 9.17) is 28.2 Å². The molecule has 1 N–H and O–H groups in total. The zero-order chi connectivity index (χ0) is 16.5. The molecule has 0 saturated carbocycles. The van der Waals surface area contributed by atoms with E-state index in [2.05, 4.69) is 33.1 Å². The van der Waals surface area contributed by atoms with E-state index in [0.29, 0.717) is 10.1 Å². The van der Waals surface area contributed by atoms with E-state index in [1.807, 2.05) is 36.4 Å². The maximum absolute atomic E-state index is 5.95. The Labute approximate surface area is 150 Å². The molecule has 1 aliphatic rings. The standard InChI is InChI=1S/C18H16ClN3OS/c19-13-5-7-14(8-6-13)20-18(24)22-11-10-21-9-1-3-15(21)17(22)16-4-2-12-23-16/h1-9,12,17H,10-11H2,(H,20,24). The molecule has 1 aromatic carbocycles. The molecule has 0 aliphatic carbocycles. The number of anilines is 1. The normalized spacial score (nSPS) is 16.7. The second kappa shape index (κ2) is 6.34. The van der Waals surface area contributed by atoms with E-state index in [-0.39, 0.29) is 6.04 Å². The molecule has 0 bridgehead atoms. The molecule has 0 spiro atoms. The van der Waals surface area contributed by atoms with E-state index < -0.39 is 0 Å². The summed E-state index contributed by atoms with van der Waals surface area (Å²) in [7, 11) is 0. The summed E-state index contributed by atoms with van der Waals surface area (Å²) in [6.07, 6.45) is 3.79. The molecular formula is C18H16ClN3OS. The van der Waals surface area contributed by atoms with Crippen molar-refractivity contribution in [2.75, 3.05) is 11.9 Å². The van der Waals surface area contributed by atoms with Gasteiger partial charge < -0.3 is 19.2 Å². The number of hydrogen-bond acceptors (Lipinski definition) is 2. The van der Waals surface area contributed by atoms with Crippen LogP contribution in [0.15, 0.2) is 65.4 Å². The zero-order valence-electron chi connectivity index (χ0n) is 12.9. The Kier molecular flexibility index (Phi) is 4.04. The average molecular weight is 358 g/mol. The molecule has 2 aromatic heterocycles. The highest BCUT2D eigenvalue weighted by Gasteiger charge is 2.32. The van der Waals surface area contributed by atoms with E-state index in [1.165, 1.54) is 5.69 Å². The lowest BCUT2D eigenvalue weighted by molar-refractivity contribution is 0.261. The molecule has 0 radical (unpaired) electrons. The van der Waals surface area contributed by atoms with Crippen LogP contribution in [0.4, 0.5) is 5.69 Å². The molecule has 6 heteroatoms. The Bertz CT molecular complexity index is 842. The molecule has 1 atom stereocenters. The van der Waals surface area contributed by atoms with Crippen LogP contribution in [0.2, 0.25) is 5.02 Å². The van der Waals surface area contributed by atoms with Gasteiger partial charge in [-0.05, 0) is 60.7 Å². The van der Waals surface area contributed by atoms with Crippen LogP contribution in [-0.4, -0.2) is 21.1 Å². The Hall–Kier alpha value is -2.24. The van der Waals surface area contributed by atoms with E-state index in [0.717, 1.165) is 24.5 Å². The number of aromatic nitrogens is 1. The molecule has 3 aromatic rings. The van der Waals surface area contributed by atoms with Crippen LogP contribution in [0.5, 0.6) is 0 Å². The molecule has 3 heterocycles. The van der Waals surface area contributed by atoms with E-state index >= 15 is 0 Å². The maximum atomic E-state index is 5.95. The summed E-state index contributed by atoms with van der Waals surface area (Å²) in [5.41, 5.74) is 2.10. The number of furan rings is 1. The maximum Gasteiger partial charge on any atom is 0.174 e. The molecule has 1 aliphatic heterocycles. The molecular weight excluding hydrogens is 342 g/mol. The Morgan fingerprint density at radius 3 is 2.71 bits per heavy atom. The highest BCUT2D eigenvalue weighted by Crippen LogP contribution is 2.33. The fourth-order valence-corrected chi connectivity index (χ4v) is 3.52. The van der Waals surface area contributed by atoms with Gasteiger partial charge in [0.05, 0.1) is 6.26 Å². The van der Waals surface area contributed by atoms with Gasteiger partial charge in [0, 0.05) is 35.7 Å². The molecule has 0 saturated heterocycles. The molecule has 4 nitrogen and oxygen atoms in total. The number of halogens is 1. The highest BCUT2D eigenvalue weighted by atomic mass is 35.5. The lowest BCUT2D eigenvalue weighted by Gasteiger charge is -2.37. The molecule has 0 amide bonds. The lowest BCUT2D eigenvalue weighted by Crippen LogP contribution is -2.44. The van der Waals surface area contributed by atoms with Crippen LogP contribution in [-0.2, 0) is 6.54 Å². The van der Waals surface area contributed by atoms with Crippen LogP contribution in [0.25, 0.3) is 0 Å². The predicted octanol–water partition coefficient (Wildman–Crippen LogP) is 4.54. The second-order valence-corrected chi connectivity index (χ2v) is 6.50. The first-order valence-corrected chi connectivity index (χ1v) is 8.52. The number of nitrogens with zero attached hydrogens (tertiary/aromatic N) is 2. The first kappa shape index (κ1) is 15.3. The molecule has 24 heavy (non-hydrogen) atoms. The van der Waals surface area contributed by atoms with Gasteiger partial charge in [0.1, 0.15) is 11.8 Å². The van der Waals surface area contributed by atoms with Gasteiger partial charge in [0.2, 0.25) is 0 Å². The summed E-state index contributed by atoms with van der Waals surface area (Å²) >= 11 is 11.6. The van der Waals surface area contributed by atoms with Crippen LogP contribution >= 0.6 is 23.8 Å². The van der Waals surface area contributed by atoms with Gasteiger partial charge in [-0.15, -0.1) is 0 Å². The first-order valence-electron chi connectivity index (χ1n) is 7.74. The SMILES string of the molecule is S=C(Nc1ccc(Cl)cc1)N1CCn2cccc2C1c1ccco1. The monoisotopic (exact) mass is 357 g/mol. The first-order chi connectivity index (χ1) is 11.7. The minimum atomic E-state index is -0.0314. The van der Waals surface area contributed by atoms with Gasteiger partial charge in [-0.2, -0.15) is 0 Å². The molecule has 4 rings (SSSR count). The summed E-state index contributed by atoms with van der Waals surface area (Å²) in [4.78, 5) is 2.16. The second-order valence-electron chi connectivity index (χ2n) is 5.67. The van der Waals surface area contributed by atoms with Crippen molar-refractivity contribution in [2.24, 2.45) is 0 Å². The third-order valence-electron chi connectivity index (χ3n) is 4.21.